The molecule has 11 heavy (non-hydrogen) atoms. The van der Waals surface area contributed by atoms with Gasteiger partial charge in [-0.2, -0.15) is 0 Å². The van der Waals surface area contributed by atoms with Gasteiger partial charge in [-0.3, -0.25) is 4.79 Å². The summed E-state index contributed by atoms with van der Waals surface area (Å²) in [6.07, 6.45) is 7.37. The van der Waals surface area contributed by atoms with Crippen molar-refractivity contribution in [2.45, 2.75) is 25.7 Å². The third-order valence-corrected chi connectivity index (χ3v) is 3.05. The Balaban J connectivity index is 2.05. The summed E-state index contributed by atoms with van der Waals surface area (Å²) in [6, 6.07) is 0. The molecule has 0 aromatic heterocycles. The van der Waals surface area contributed by atoms with Gasteiger partial charge in [-0.1, -0.05) is 0 Å². The molecule has 0 aromatic rings. The minimum atomic E-state index is 0.787. The second-order valence-corrected chi connectivity index (χ2v) is 3.88. The van der Waals surface area contributed by atoms with Crippen molar-refractivity contribution in [3.8, 4) is 0 Å². The van der Waals surface area contributed by atoms with Gasteiger partial charge < -0.3 is 4.90 Å². The molecule has 2 heterocycles. The Hall–Kier alpha value is -0.530. The zero-order valence-electron chi connectivity index (χ0n) is 6.75. The number of carbonyl (C=O) groups excluding carboxylic acids is 1. The fourth-order valence-electron chi connectivity index (χ4n) is 2.37. The fraction of sp³-hybridized carbons (Fsp3) is 0.889. The summed E-state index contributed by atoms with van der Waals surface area (Å²) >= 11 is 0. The summed E-state index contributed by atoms with van der Waals surface area (Å²) in [4.78, 5) is 12.3. The van der Waals surface area contributed by atoms with E-state index >= 15 is 0 Å². The average Bonchev–Trinajstić information content (AvgIpc) is 2.35. The van der Waals surface area contributed by atoms with Crippen molar-refractivity contribution in [2.75, 3.05) is 13.1 Å². The molecule has 3 aliphatic rings. The Bertz CT molecular complexity index is 136. The molecule has 3 fully saturated rings. The van der Waals surface area contributed by atoms with Gasteiger partial charge in [0.25, 0.3) is 0 Å². The van der Waals surface area contributed by atoms with Crippen LogP contribution in [-0.2, 0) is 4.79 Å². The fourth-order valence-corrected chi connectivity index (χ4v) is 2.37. The number of amides is 1. The third-order valence-electron chi connectivity index (χ3n) is 3.05. The summed E-state index contributed by atoms with van der Waals surface area (Å²) in [5, 5.41) is 0. The quantitative estimate of drug-likeness (QED) is 0.552. The van der Waals surface area contributed by atoms with E-state index in [4.69, 9.17) is 0 Å². The van der Waals surface area contributed by atoms with Crippen molar-refractivity contribution in [1.82, 2.24) is 4.90 Å². The Morgan fingerprint density at radius 2 is 1.45 bits per heavy atom. The topological polar surface area (TPSA) is 20.3 Å². The number of nitrogens with zero attached hydrogens (tertiary/aromatic N) is 1. The second kappa shape index (κ2) is 2.84. The van der Waals surface area contributed by atoms with E-state index in [-0.39, 0.29) is 0 Å². The molecule has 1 radical (unpaired) electrons. The third kappa shape index (κ3) is 1.39. The van der Waals surface area contributed by atoms with Crippen molar-refractivity contribution < 1.29 is 4.79 Å². The van der Waals surface area contributed by atoms with Crippen molar-refractivity contribution in [3.05, 3.63) is 0 Å². The summed E-state index contributed by atoms with van der Waals surface area (Å²) in [5.41, 5.74) is 0. The van der Waals surface area contributed by atoms with E-state index in [0.29, 0.717) is 0 Å². The van der Waals surface area contributed by atoms with Gasteiger partial charge >= 0.3 is 6.41 Å². The highest BCUT2D eigenvalue weighted by molar-refractivity contribution is 5.48. The largest absolute Gasteiger partial charge is 0.334 e. The molecule has 61 valence electrons. The van der Waals surface area contributed by atoms with Crippen LogP contribution in [0.3, 0.4) is 0 Å². The molecule has 1 amide bonds. The molecule has 1 aliphatic carbocycles. The first kappa shape index (κ1) is 7.14. The summed E-state index contributed by atoms with van der Waals surface area (Å²) in [5.74, 6) is 1.57. The SMILES string of the molecule is O=[C]N1CC2CCC(CC2)C1. The Kier molecular flexibility index (Phi) is 1.84. The highest BCUT2D eigenvalue weighted by Gasteiger charge is 2.28. The summed E-state index contributed by atoms with van der Waals surface area (Å²) < 4.78 is 0. The minimum Gasteiger partial charge on any atom is -0.334 e. The van der Waals surface area contributed by atoms with E-state index in [0.717, 1.165) is 24.9 Å². The van der Waals surface area contributed by atoms with Crippen LogP contribution in [0.15, 0.2) is 0 Å². The van der Waals surface area contributed by atoms with E-state index in [1.807, 2.05) is 11.3 Å². The van der Waals surface area contributed by atoms with Crippen LogP contribution in [0.5, 0.6) is 0 Å². The molecule has 1 saturated carbocycles. The Morgan fingerprint density at radius 3 is 1.82 bits per heavy atom. The van der Waals surface area contributed by atoms with Crippen LogP contribution in [0.1, 0.15) is 25.7 Å². The molecular formula is C9H14NO. The van der Waals surface area contributed by atoms with E-state index in [1.54, 1.807) is 0 Å². The van der Waals surface area contributed by atoms with Gasteiger partial charge in [0.2, 0.25) is 0 Å². The van der Waals surface area contributed by atoms with Gasteiger partial charge in [-0.05, 0) is 37.5 Å². The molecule has 3 rings (SSSR count). The smallest absolute Gasteiger partial charge is 0.312 e. The molecule has 2 heteroatoms. The predicted octanol–water partition coefficient (Wildman–Crippen LogP) is 1.18. The highest BCUT2D eigenvalue weighted by Crippen LogP contribution is 2.33. The van der Waals surface area contributed by atoms with E-state index in [9.17, 15) is 4.79 Å². The highest BCUT2D eigenvalue weighted by atomic mass is 16.1. The van der Waals surface area contributed by atoms with Crippen molar-refractivity contribution in [1.29, 1.82) is 0 Å². The first-order valence-electron chi connectivity index (χ1n) is 4.51. The summed E-state index contributed by atoms with van der Waals surface area (Å²) in [7, 11) is 0. The number of fused-ring (bicyclic) bond motifs is 4. The molecule has 0 spiro atoms. The van der Waals surface area contributed by atoms with Gasteiger partial charge in [-0.25, -0.2) is 0 Å². The van der Waals surface area contributed by atoms with Crippen LogP contribution in [0.2, 0.25) is 0 Å². The Labute approximate surface area is 67.6 Å². The van der Waals surface area contributed by atoms with Crippen LogP contribution < -0.4 is 0 Å². The zero-order valence-corrected chi connectivity index (χ0v) is 6.75. The maximum Gasteiger partial charge on any atom is 0.312 e. The van der Waals surface area contributed by atoms with Crippen LogP contribution in [0, 0.1) is 11.8 Å². The van der Waals surface area contributed by atoms with Crippen molar-refractivity contribution >= 4 is 6.41 Å². The molecule has 2 saturated heterocycles. The van der Waals surface area contributed by atoms with Gasteiger partial charge in [0.15, 0.2) is 0 Å². The zero-order chi connectivity index (χ0) is 7.68. The average molecular weight is 152 g/mol. The first-order valence-corrected chi connectivity index (χ1v) is 4.51. The standard InChI is InChI=1S/C9H14NO/c11-7-10-5-8-1-2-9(6-10)4-3-8/h8-9H,1-6H2. The lowest BCUT2D eigenvalue weighted by atomic mass is 9.84. The second-order valence-electron chi connectivity index (χ2n) is 3.88. The monoisotopic (exact) mass is 152 g/mol. The number of hydrogen-bond donors (Lipinski definition) is 0. The van der Waals surface area contributed by atoms with Gasteiger partial charge in [-0.15, -0.1) is 0 Å². The molecule has 0 N–H and O–H groups in total. The molecule has 2 bridgehead atoms. The van der Waals surface area contributed by atoms with Crippen LogP contribution in [0.4, 0.5) is 0 Å². The normalized spacial score (nSPS) is 36.9. The first-order chi connectivity index (χ1) is 5.38. The minimum absolute atomic E-state index is 0.787. The lowest BCUT2D eigenvalue weighted by Crippen LogP contribution is -2.26. The molecule has 0 aromatic carbocycles. The number of hydrogen-bond acceptors (Lipinski definition) is 1. The van der Waals surface area contributed by atoms with Crippen molar-refractivity contribution in [3.63, 3.8) is 0 Å². The number of rotatable bonds is 1. The molecular weight excluding hydrogens is 138 g/mol. The maximum atomic E-state index is 10.4. The molecule has 2 aliphatic heterocycles. The van der Waals surface area contributed by atoms with Gasteiger partial charge in [0.05, 0.1) is 0 Å². The lowest BCUT2D eigenvalue weighted by Gasteiger charge is -2.20. The molecule has 0 atom stereocenters. The maximum absolute atomic E-state index is 10.4. The van der Waals surface area contributed by atoms with Crippen LogP contribution in [-0.4, -0.2) is 24.4 Å². The van der Waals surface area contributed by atoms with E-state index in [2.05, 4.69) is 0 Å². The van der Waals surface area contributed by atoms with Crippen LogP contribution in [0.25, 0.3) is 0 Å². The van der Waals surface area contributed by atoms with E-state index < -0.39 is 0 Å². The molecule has 2 nitrogen and oxygen atoms in total. The predicted molar refractivity (Wildman–Crippen MR) is 42.7 cm³/mol. The van der Waals surface area contributed by atoms with Crippen LogP contribution >= 0.6 is 0 Å². The summed E-state index contributed by atoms with van der Waals surface area (Å²) in [6.45, 7) is 1.94. The van der Waals surface area contributed by atoms with Gasteiger partial charge in [0.1, 0.15) is 0 Å². The van der Waals surface area contributed by atoms with Gasteiger partial charge in [0, 0.05) is 13.1 Å². The lowest BCUT2D eigenvalue weighted by molar-refractivity contribution is 0.326. The van der Waals surface area contributed by atoms with E-state index in [1.165, 1.54) is 25.7 Å². The van der Waals surface area contributed by atoms with Crippen molar-refractivity contribution in [2.24, 2.45) is 11.8 Å². The molecule has 0 unspecified atom stereocenters. The Morgan fingerprint density at radius 1 is 1.00 bits per heavy atom.